The minimum absolute atomic E-state index is 0.705. The van der Waals surface area contributed by atoms with Gasteiger partial charge in [0.1, 0.15) is 22.7 Å². The van der Waals surface area contributed by atoms with Crippen molar-refractivity contribution < 1.29 is 8.83 Å². The highest BCUT2D eigenvalue weighted by Crippen LogP contribution is 2.46. The monoisotopic (exact) mass is 672 g/mol. The van der Waals surface area contributed by atoms with E-state index < -0.39 is 0 Å². The Hall–Kier alpha value is -6.12. The van der Waals surface area contributed by atoms with Crippen molar-refractivity contribution in [3.63, 3.8) is 0 Å². The number of benzene rings is 4. The molecular weight excluding hydrogens is 633 g/mol. The molecule has 0 radical (unpaired) electrons. The number of furan rings is 2. The molecule has 0 bridgehead atoms. The third kappa shape index (κ3) is 5.52. The van der Waals surface area contributed by atoms with E-state index in [1.54, 1.807) is 11.1 Å². The van der Waals surface area contributed by atoms with Gasteiger partial charge in [-0.15, -0.1) is 0 Å². The van der Waals surface area contributed by atoms with Gasteiger partial charge in [0.15, 0.2) is 0 Å². The van der Waals surface area contributed by atoms with Crippen molar-refractivity contribution >= 4 is 49.9 Å². The third-order valence-corrected chi connectivity index (χ3v) is 10.8. The topological polar surface area (TPSA) is 26.3 Å². The molecule has 7 aromatic rings. The molecule has 0 N–H and O–H groups in total. The van der Waals surface area contributed by atoms with Crippen molar-refractivity contribution in [3.05, 3.63) is 186 Å². The number of hydrogen-bond acceptors (Lipinski definition) is 2. The average molecular weight is 673 g/mol. The minimum atomic E-state index is 0.705. The maximum Gasteiger partial charge on any atom is 0.147 e. The predicted molar refractivity (Wildman–Crippen MR) is 219 cm³/mol. The smallest absolute Gasteiger partial charge is 0.147 e. The van der Waals surface area contributed by atoms with Crippen LogP contribution in [0.3, 0.4) is 0 Å². The maximum absolute atomic E-state index is 6.98. The van der Waals surface area contributed by atoms with Crippen LogP contribution in [0.2, 0.25) is 0 Å². The Morgan fingerprint density at radius 2 is 1.25 bits per heavy atom. The summed E-state index contributed by atoms with van der Waals surface area (Å²) < 4.78 is 13.6. The molecular formula is C50H40O2. The summed E-state index contributed by atoms with van der Waals surface area (Å²) in [4.78, 5) is 0. The molecule has 2 heterocycles. The van der Waals surface area contributed by atoms with Crippen LogP contribution in [-0.4, -0.2) is 0 Å². The zero-order valence-electron chi connectivity index (χ0n) is 29.3. The molecule has 52 heavy (non-hydrogen) atoms. The van der Waals surface area contributed by atoms with E-state index in [9.17, 15) is 0 Å². The van der Waals surface area contributed by atoms with E-state index >= 15 is 0 Å². The lowest BCUT2D eigenvalue weighted by Gasteiger charge is -2.24. The third-order valence-electron chi connectivity index (χ3n) is 10.8. The van der Waals surface area contributed by atoms with Crippen molar-refractivity contribution in [1.29, 1.82) is 0 Å². The molecule has 0 saturated heterocycles. The second kappa shape index (κ2) is 13.5. The second-order valence-corrected chi connectivity index (χ2v) is 13.9. The molecule has 2 heteroatoms. The molecule has 2 aromatic heterocycles. The summed E-state index contributed by atoms with van der Waals surface area (Å²) in [6, 6.07) is 46.6. The number of allylic oxidation sites excluding steroid dienone is 4. The standard InChI is InChI=1S/C50H40O2/c1-3-38-43-27-17-28-45(50-47(35-19-7-6-8-20-35)44-26-15-16-29-46(44)51-50)49(43)52-48(38)33(2)39-22-9-4-5-10-23-40(42-25-14-13-24-41(39)42)37-31-30-34-18-11-12-21-36(34)32-37/h3-10,13-17,19-20,22-29,32H,1-2,11-12,18,21,30-31H2. The number of hydrogen-bond donors (Lipinski definition) is 0. The Labute approximate surface area is 305 Å². The lowest BCUT2D eigenvalue weighted by atomic mass is 9.81. The van der Waals surface area contributed by atoms with Gasteiger partial charge in [-0.1, -0.05) is 152 Å². The van der Waals surface area contributed by atoms with Gasteiger partial charge in [0.05, 0.1) is 5.56 Å². The summed E-state index contributed by atoms with van der Waals surface area (Å²) in [5.41, 5.74) is 13.3. The van der Waals surface area contributed by atoms with Gasteiger partial charge >= 0.3 is 0 Å². The van der Waals surface area contributed by atoms with Crippen LogP contribution in [0.4, 0.5) is 0 Å². The molecule has 5 aromatic carbocycles. The van der Waals surface area contributed by atoms with Crippen molar-refractivity contribution in [2.45, 2.75) is 38.5 Å². The fraction of sp³-hybridized carbons (Fsp3) is 0.120. The summed E-state index contributed by atoms with van der Waals surface area (Å²) in [5, 5.41) is 4.37. The van der Waals surface area contributed by atoms with Crippen LogP contribution in [0.25, 0.3) is 72.4 Å². The first kappa shape index (κ1) is 31.8. The van der Waals surface area contributed by atoms with Crippen LogP contribution >= 0.6 is 0 Å². The first-order chi connectivity index (χ1) is 25.7. The molecule has 0 fully saturated rings. The van der Waals surface area contributed by atoms with Crippen LogP contribution in [0.15, 0.2) is 173 Å². The van der Waals surface area contributed by atoms with Gasteiger partial charge in [-0.25, -0.2) is 0 Å². The van der Waals surface area contributed by atoms with Crippen LogP contribution in [0.1, 0.15) is 61.0 Å². The van der Waals surface area contributed by atoms with E-state index in [1.807, 2.05) is 24.3 Å². The Balaban J connectivity index is 1.25. The second-order valence-electron chi connectivity index (χ2n) is 13.9. The summed E-state index contributed by atoms with van der Waals surface area (Å²) in [5.74, 6) is 1.49. The molecule has 252 valence electrons. The van der Waals surface area contributed by atoms with E-state index in [4.69, 9.17) is 15.4 Å². The highest BCUT2D eigenvalue weighted by atomic mass is 16.4. The molecule has 0 spiro atoms. The quantitative estimate of drug-likeness (QED) is 0.176. The van der Waals surface area contributed by atoms with Gasteiger partial charge in [-0.2, -0.15) is 0 Å². The fourth-order valence-corrected chi connectivity index (χ4v) is 8.33. The van der Waals surface area contributed by atoms with Crippen LogP contribution < -0.4 is 0 Å². The van der Waals surface area contributed by atoms with E-state index in [2.05, 4.69) is 128 Å². The fourth-order valence-electron chi connectivity index (χ4n) is 8.33. The van der Waals surface area contributed by atoms with E-state index in [1.165, 1.54) is 42.2 Å². The molecule has 2 aliphatic carbocycles. The molecule has 2 aliphatic rings. The maximum atomic E-state index is 6.98. The molecule has 9 rings (SSSR count). The van der Waals surface area contributed by atoms with Gasteiger partial charge in [0.25, 0.3) is 0 Å². The number of rotatable bonds is 6. The molecule has 0 unspecified atom stereocenters. The van der Waals surface area contributed by atoms with Gasteiger partial charge in [-0.05, 0) is 89.3 Å². The van der Waals surface area contributed by atoms with E-state index in [0.29, 0.717) is 5.76 Å². The minimum Gasteiger partial charge on any atom is -0.455 e. The van der Waals surface area contributed by atoms with Crippen LogP contribution in [0.5, 0.6) is 0 Å². The van der Waals surface area contributed by atoms with Crippen molar-refractivity contribution in [3.8, 4) is 22.5 Å². The molecule has 0 saturated carbocycles. The Morgan fingerprint density at radius 1 is 0.577 bits per heavy atom. The van der Waals surface area contributed by atoms with Gasteiger partial charge in [0.2, 0.25) is 0 Å². The first-order valence-electron chi connectivity index (χ1n) is 18.4. The van der Waals surface area contributed by atoms with Crippen LogP contribution in [-0.2, 0) is 0 Å². The van der Waals surface area contributed by atoms with Crippen molar-refractivity contribution in [2.75, 3.05) is 0 Å². The number of para-hydroxylation sites is 2. The highest BCUT2D eigenvalue weighted by Gasteiger charge is 2.25. The Kier molecular flexibility index (Phi) is 8.29. The van der Waals surface area contributed by atoms with Gasteiger partial charge < -0.3 is 8.83 Å². The van der Waals surface area contributed by atoms with Crippen molar-refractivity contribution in [2.24, 2.45) is 0 Å². The molecule has 0 aliphatic heterocycles. The van der Waals surface area contributed by atoms with E-state index in [-0.39, 0.29) is 0 Å². The molecule has 0 amide bonds. The van der Waals surface area contributed by atoms with Crippen molar-refractivity contribution in [1.82, 2.24) is 0 Å². The number of fused-ring (bicyclic) bond motifs is 3. The SMILES string of the molecule is C=Cc1c(C(=C)c2ccccccc(C3=CC4=C(CCCC4)CC3)c3ccccc23)oc2c(-c3oc4ccccc4c3-c3ccccc3)cccc12. The average Bonchev–Trinajstić information content (AvgIpc) is 3.78. The zero-order valence-corrected chi connectivity index (χ0v) is 29.3. The highest BCUT2D eigenvalue weighted by molar-refractivity contribution is 6.09. The molecule has 0 atom stereocenters. The Morgan fingerprint density at radius 3 is 2.10 bits per heavy atom. The zero-order chi connectivity index (χ0) is 35.0. The summed E-state index contributed by atoms with van der Waals surface area (Å²) >= 11 is 0. The predicted octanol–water partition coefficient (Wildman–Crippen LogP) is 14.5. The van der Waals surface area contributed by atoms with Gasteiger partial charge in [0, 0.05) is 27.5 Å². The molecule has 2 nitrogen and oxygen atoms in total. The lowest BCUT2D eigenvalue weighted by molar-refractivity contribution is 0.595. The van der Waals surface area contributed by atoms with Crippen LogP contribution in [0, 0.1) is 0 Å². The first-order valence-corrected chi connectivity index (χ1v) is 18.4. The summed E-state index contributed by atoms with van der Waals surface area (Å²) in [7, 11) is 0. The lowest BCUT2D eigenvalue weighted by Crippen LogP contribution is -2.04. The normalized spacial score (nSPS) is 14.3. The van der Waals surface area contributed by atoms with Gasteiger partial charge in [-0.3, -0.25) is 0 Å². The summed E-state index contributed by atoms with van der Waals surface area (Å²) in [6.07, 6.45) is 11.6. The largest absolute Gasteiger partial charge is 0.455 e. The Bertz CT molecular complexity index is 2660. The van der Waals surface area contributed by atoms with E-state index in [0.717, 1.165) is 79.3 Å². The summed E-state index contributed by atoms with van der Waals surface area (Å²) in [6.45, 7) is 9.01.